The van der Waals surface area contributed by atoms with Crippen LogP contribution in [0.2, 0.25) is 0 Å². The maximum atomic E-state index is 4.45. The van der Waals surface area contributed by atoms with Gasteiger partial charge < -0.3 is 5.32 Å². The van der Waals surface area contributed by atoms with Gasteiger partial charge in [-0.25, -0.2) is 9.97 Å². The van der Waals surface area contributed by atoms with Crippen molar-refractivity contribution in [1.82, 2.24) is 9.97 Å². The zero-order valence-electron chi connectivity index (χ0n) is 12.5. The Morgan fingerprint density at radius 3 is 2.17 bits per heavy atom. The third kappa shape index (κ3) is 2.77. The van der Waals surface area contributed by atoms with Gasteiger partial charge in [0.2, 0.25) is 0 Å². The largest absolute Gasteiger partial charge is 0.352 e. The quantitative estimate of drug-likeness (QED) is 0.575. The Labute approximate surface area is 134 Å². The van der Waals surface area contributed by atoms with Gasteiger partial charge in [-0.2, -0.15) is 0 Å². The summed E-state index contributed by atoms with van der Waals surface area (Å²) < 4.78 is 0. The average molecular weight is 297 g/mol. The number of hydrogen-bond acceptors (Lipinski definition) is 3. The van der Waals surface area contributed by atoms with Gasteiger partial charge in [-0.1, -0.05) is 66.7 Å². The monoisotopic (exact) mass is 297 g/mol. The molecule has 23 heavy (non-hydrogen) atoms. The van der Waals surface area contributed by atoms with Crippen LogP contribution >= 0.6 is 0 Å². The summed E-state index contributed by atoms with van der Waals surface area (Å²) in [5.74, 6) is 0.731. The van der Waals surface area contributed by atoms with Crippen LogP contribution in [0.25, 0.3) is 22.2 Å². The smallest absolute Gasteiger partial charge is 0.159 e. The lowest BCUT2D eigenvalue weighted by atomic mass is 10.1. The molecule has 0 saturated heterocycles. The van der Waals surface area contributed by atoms with Crippen LogP contribution in [0.5, 0.6) is 0 Å². The molecule has 1 heterocycles. The highest BCUT2D eigenvalue weighted by molar-refractivity contribution is 5.95. The molecule has 0 fully saturated rings. The Morgan fingerprint density at radius 2 is 1.35 bits per heavy atom. The number of fused-ring (bicyclic) bond motifs is 1. The first-order valence-electron chi connectivity index (χ1n) is 7.52. The molecular weight excluding hydrogens is 282 g/mol. The van der Waals surface area contributed by atoms with Crippen molar-refractivity contribution in [3.63, 3.8) is 0 Å². The molecule has 3 heteroatoms. The predicted octanol–water partition coefficient (Wildman–Crippen LogP) is 5.04. The van der Waals surface area contributed by atoms with Gasteiger partial charge in [-0.15, -0.1) is 0 Å². The number of anilines is 2. The van der Waals surface area contributed by atoms with E-state index in [-0.39, 0.29) is 0 Å². The van der Waals surface area contributed by atoms with E-state index in [4.69, 9.17) is 0 Å². The fourth-order valence-electron chi connectivity index (χ4n) is 2.62. The molecule has 0 amide bonds. The molecule has 3 aromatic carbocycles. The van der Waals surface area contributed by atoms with Crippen molar-refractivity contribution in [1.29, 1.82) is 0 Å². The van der Waals surface area contributed by atoms with Crippen molar-refractivity contribution in [2.45, 2.75) is 0 Å². The third-order valence-corrected chi connectivity index (χ3v) is 3.75. The number of aromatic nitrogens is 2. The van der Waals surface area contributed by atoms with Crippen molar-refractivity contribution < 1.29 is 0 Å². The highest BCUT2D eigenvalue weighted by Gasteiger charge is 2.03. The van der Waals surface area contributed by atoms with Crippen LogP contribution in [0.3, 0.4) is 0 Å². The second-order valence-electron chi connectivity index (χ2n) is 5.31. The molecule has 0 bridgehead atoms. The number of benzene rings is 3. The molecule has 4 aromatic rings. The minimum Gasteiger partial charge on any atom is -0.352 e. The fourth-order valence-corrected chi connectivity index (χ4v) is 2.62. The second kappa shape index (κ2) is 5.89. The Balaban J connectivity index is 1.64. The van der Waals surface area contributed by atoms with E-state index >= 15 is 0 Å². The fraction of sp³-hybridized carbons (Fsp3) is 0. The van der Waals surface area contributed by atoms with E-state index in [1.807, 2.05) is 60.9 Å². The third-order valence-electron chi connectivity index (χ3n) is 3.75. The van der Waals surface area contributed by atoms with Gasteiger partial charge in [-0.3, -0.25) is 0 Å². The summed E-state index contributed by atoms with van der Waals surface area (Å²) in [5.41, 5.74) is 2.95. The topological polar surface area (TPSA) is 37.8 Å². The maximum absolute atomic E-state index is 4.45. The second-order valence-corrected chi connectivity index (χ2v) is 5.31. The molecule has 0 spiro atoms. The van der Waals surface area contributed by atoms with Gasteiger partial charge in [0, 0.05) is 16.6 Å². The summed E-state index contributed by atoms with van der Waals surface area (Å²) in [6.45, 7) is 0. The van der Waals surface area contributed by atoms with Crippen molar-refractivity contribution in [3.05, 3.63) is 85.2 Å². The standard InChI is InChI=1S/C20H15N3/c1-2-8-16(9-3-1)20-21-13-17(14-22-20)23-19-12-6-10-15-7-4-5-11-18(15)19/h1-14,23H. The predicted molar refractivity (Wildman–Crippen MR) is 94.7 cm³/mol. The van der Waals surface area contributed by atoms with Gasteiger partial charge in [-0.05, 0) is 11.5 Å². The lowest BCUT2D eigenvalue weighted by molar-refractivity contribution is 1.18. The van der Waals surface area contributed by atoms with E-state index in [0.717, 1.165) is 22.8 Å². The van der Waals surface area contributed by atoms with Gasteiger partial charge in [0.1, 0.15) is 0 Å². The van der Waals surface area contributed by atoms with E-state index in [0.29, 0.717) is 0 Å². The Bertz CT molecular complexity index is 926. The van der Waals surface area contributed by atoms with Crippen LogP contribution in [0, 0.1) is 0 Å². The molecular formula is C20H15N3. The van der Waals surface area contributed by atoms with Gasteiger partial charge in [0.25, 0.3) is 0 Å². The van der Waals surface area contributed by atoms with E-state index in [2.05, 4.69) is 39.6 Å². The number of hydrogen-bond donors (Lipinski definition) is 1. The average Bonchev–Trinajstić information content (AvgIpc) is 2.63. The molecule has 1 aromatic heterocycles. The summed E-state index contributed by atoms with van der Waals surface area (Å²) in [7, 11) is 0. The lowest BCUT2D eigenvalue weighted by Gasteiger charge is -2.09. The molecule has 4 rings (SSSR count). The van der Waals surface area contributed by atoms with Crippen LogP contribution < -0.4 is 5.32 Å². The zero-order chi connectivity index (χ0) is 15.5. The number of nitrogens with zero attached hydrogens (tertiary/aromatic N) is 2. The molecule has 0 saturated carbocycles. The molecule has 0 aliphatic carbocycles. The van der Waals surface area contributed by atoms with E-state index in [1.165, 1.54) is 10.8 Å². The molecule has 0 atom stereocenters. The number of rotatable bonds is 3. The lowest BCUT2D eigenvalue weighted by Crippen LogP contribution is -1.95. The Kier molecular flexibility index (Phi) is 3.45. The molecule has 1 N–H and O–H groups in total. The van der Waals surface area contributed by atoms with Gasteiger partial charge in [0.15, 0.2) is 5.82 Å². The molecule has 0 aliphatic heterocycles. The SMILES string of the molecule is c1ccc(-c2ncc(Nc3cccc4ccccc34)cn2)cc1. The van der Waals surface area contributed by atoms with Gasteiger partial charge in [0.05, 0.1) is 18.1 Å². The molecule has 110 valence electrons. The van der Waals surface area contributed by atoms with Crippen molar-refractivity contribution >= 4 is 22.1 Å². The Morgan fingerprint density at radius 1 is 0.652 bits per heavy atom. The minimum atomic E-state index is 0.731. The van der Waals surface area contributed by atoms with Crippen LogP contribution in [0.4, 0.5) is 11.4 Å². The highest BCUT2D eigenvalue weighted by atomic mass is 15.0. The molecule has 0 unspecified atom stereocenters. The van der Waals surface area contributed by atoms with Gasteiger partial charge >= 0.3 is 0 Å². The molecule has 0 aliphatic rings. The number of nitrogens with one attached hydrogen (secondary N) is 1. The van der Waals surface area contributed by atoms with E-state index in [9.17, 15) is 0 Å². The van der Waals surface area contributed by atoms with Crippen molar-refractivity contribution in [2.24, 2.45) is 0 Å². The molecule has 3 nitrogen and oxygen atoms in total. The summed E-state index contributed by atoms with van der Waals surface area (Å²) in [6.07, 6.45) is 3.63. The van der Waals surface area contributed by atoms with E-state index in [1.54, 1.807) is 0 Å². The van der Waals surface area contributed by atoms with E-state index < -0.39 is 0 Å². The summed E-state index contributed by atoms with van der Waals surface area (Å²) >= 11 is 0. The summed E-state index contributed by atoms with van der Waals surface area (Å²) in [4.78, 5) is 8.90. The first-order valence-corrected chi connectivity index (χ1v) is 7.52. The maximum Gasteiger partial charge on any atom is 0.159 e. The van der Waals surface area contributed by atoms with Crippen LogP contribution in [-0.4, -0.2) is 9.97 Å². The van der Waals surface area contributed by atoms with Crippen LogP contribution in [0.15, 0.2) is 85.2 Å². The summed E-state index contributed by atoms with van der Waals surface area (Å²) in [5, 5.41) is 5.79. The zero-order valence-corrected chi connectivity index (χ0v) is 12.5. The molecule has 0 radical (unpaired) electrons. The highest BCUT2D eigenvalue weighted by Crippen LogP contribution is 2.26. The Hall–Kier alpha value is -3.20. The van der Waals surface area contributed by atoms with Crippen molar-refractivity contribution in [3.8, 4) is 11.4 Å². The summed E-state index contributed by atoms with van der Waals surface area (Å²) in [6, 6.07) is 24.5. The van der Waals surface area contributed by atoms with Crippen LogP contribution in [0.1, 0.15) is 0 Å². The van der Waals surface area contributed by atoms with Crippen LogP contribution in [-0.2, 0) is 0 Å². The minimum absolute atomic E-state index is 0.731. The van der Waals surface area contributed by atoms with Crippen molar-refractivity contribution in [2.75, 3.05) is 5.32 Å². The normalized spacial score (nSPS) is 10.6. The first-order chi connectivity index (χ1) is 11.4. The first kappa shape index (κ1) is 13.5.